The minimum atomic E-state index is -0.884. The monoisotopic (exact) mass is 306 g/mol. The number of aliphatic hydroxyl groups is 1. The second-order valence-electron chi connectivity index (χ2n) is 4.84. The van der Waals surface area contributed by atoms with Gasteiger partial charge in [-0.2, -0.15) is 0 Å². The predicted molar refractivity (Wildman–Crippen MR) is 82.9 cm³/mol. The van der Waals surface area contributed by atoms with Crippen molar-refractivity contribution in [1.29, 1.82) is 0 Å². The third-order valence-electron chi connectivity index (χ3n) is 3.72. The molecule has 0 fully saturated rings. The zero-order valence-electron chi connectivity index (χ0n) is 13.4. The molecule has 2 rings (SSSR count). The Morgan fingerprint density at radius 3 is 2.36 bits per heavy atom. The van der Waals surface area contributed by atoms with Crippen LogP contribution < -0.4 is 9.47 Å². The molecule has 1 atom stereocenters. The summed E-state index contributed by atoms with van der Waals surface area (Å²) in [6, 6.07) is 5.41. The van der Waals surface area contributed by atoms with Gasteiger partial charge in [0.25, 0.3) is 0 Å². The van der Waals surface area contributed by atoms with Crippen molar-refractivity contribution in [2.45, 2.75) is 18.9 Å². The lowest BCUT2D eigenvalue weighted by Crippen LogP contribution is -2.13. The number of benzene rings is 1. The predicted octanol–water partition coefficient (Wildman–Crippen LogP) is 2.96. The van der Waals surface area contributed by atoms with Crippen LogP contribution in [-0.4, -0.2) is 33.5 Å². The Kier molecular flexibility index (Phi) is 5.33. The molecule has 1 aliphatic carbocycles. The highest BCUT2D eigenvalue weighted by Crippen LogP contribution is 2.41. The first-order chi connectivity index (χ1) is 10.7. The van der Waals surface area contributed by atoms with Crippen LogP contribution in [-0.2, 0) is 9.47 Å². The van der Waals surface area contributed by atoms with Crippen LogP contribution in [0.25, 0.3) is 0 Å². The summed E-state index contributed by atoms with van der Waals surface area (Å²) in [6.07, 6.45) is 2.62. The number of methoxy groups -OCH3 is 4. The summed E-state index contributed by atoms with van der Waals surface area (Å²) in [5.74, 6) is 2.40. The normalized spacial score (nSPS) is 16.0. The van der Waals surface area contributed by atoms with Crippen molar-refractivity contribution in [1.82, 2.24) is 0 Å². The Morgan fingerprint density at radius 1 is 1.00 bits per heavy atom. The maximum absolute atomic E-state index is 10.8. The molecule has 1 N–H and O–H groups in total. The van der Waals surface area contributed by atoms with Crippen molar-refractivity contribution in [3.05, 3.63) is 46.9 Å². The van der Waals surface area contributed by atoms with E-state index in [0.29, 0.717) is 28.4 Å². The van der Waals surface area contributed by atoms with E-state index in [-0.39, 0.29) is 0 Å². The highest BCUT2D eigenvalue weighted by atomic mass is 16.5. The van der Waals surface area contributed by atoms with E-state index in [1.807, 2.05) is 12.1 Å². The number of allylic oxidation sites excluding steroid dienone is 2. The third kappa shape index (κ3) is 2.90. The van der Waals surface area contributed by atoms with Crippen molar-refractivity contribution in [3.63, 3.8) is 0 Å². The zero-order chi connectivity index (χ0) is 16.1. The average Bonchev–Trinajstić information content (AvgIpc) is 2.59. The first kappa shape index (κ1) is 16.2. The molecule has 0 radical (unpaired) electrons. The topological polar surface area (TPSA) is 57.2 Å². The second-order valence-corrected chi connectivity index (χ2v) is 4.84. The van der Waals surface area contributed by atoms with Crippen LogP contribution in [0.2, 0.25) is 0 Å². The van der Waals surface area contributed by atoms with Crippen LogP contribution in [0.3, 0.4) is 0 Å². The standard InChI is InChI=1S/C17H22O5/c1-19-13-9-5-7-11(16(13)21-3)15(18)12-8-6-10-14(20-2)17(12)22-4/h5,7-9,15,18H,6,10H2,1-4H3. The van der Waals surface area contributed by atoms with E-state index in [9.17, 15) is 5.11 Å². The van der Waals surface area contributed by atoms with Gasteiger partial charge >= 0.3 is 0 Å². The molecule has 1 aliphatic rings. The van der Waals surface area contributed by atoms with Crippen molar-refractivity contribution < 1.29 is 24.1 Å². The molecule has 0 aliphatic heterocycles. The van der Waals surface area contributed by atoms with Crippen molar-refractivity contribution in [3.8, 4) is 11.5 Å². The molecule has 0 bridgehead atoms. The van der Waals surface area contributed by atoms with Gasteiger partial charge in [-0.3, -0.25) is 0 Å². The number of aliphatic hydroxyl groups excluding tert-OH is 1. The largest absolute Gasteiger partial charge is 0.497 e. The van der Waals surface area contributed by atoms with E-state index < -0.39 is 6.10 Å². The average molecular weight is 306 g/mol. The maximum atomic E-state index is 10.8. The highest BCUT2D eigenvalue weighted by molar-refractivity contribution is 5.51. The molecule has 120 valence electrons. The van der Waals surface area contributed by atoms with Gasteiger partial charge in [0.15, 0.2) is 17.3 Å². The van der Waals surface area contributed by atoms with Crippen molar-refractivity contribution in [2.24, 2.45) is 0 Å². The zero-order valence-corrected chi connectivity index (χ0v) is 13.4. The fraction of sp³-hybridized carbons (Fsp3) is 0.412. The first-order valence-corrected chi connectivity index (χ1v) is 7.08. The van der Waals surface area contributed by atoms with Crippen molar-refractivity contribution >= 4 is 0 Å². The second kappa shape index (κ2) is 7.22. The van der Waals surface area contributed by atoms with Gasteiger partial charge in [0.2, 0.25) is 0 Å². The lowest BCUT2D eigenvalue weighted by molar-refractivity contribution is 0.171. The number of rotatable bonds is 6. The van der Waals surface area contributed by atoms with Crippen LogP contribution in [0, 0.1) is 0 Å². The summed E-state index contributed by atoms with van der Waals surface area (Å²) in [5, 5.41) is 10.8. The van der Waals surface area contributed by atoms with Gasteiger partial charge in [-0.25, -0.2) is 0 Å². The van der Waals surface area contributed by atoms with Gasteiger partial charge in [-0.15, -0.1) is 0 Å². The minimum absolute atomic E-state index is 0.512. The molecule has 5 heteroatoms. The van der Waals surface area contributed by atoms with E-state index in [0.717, 1.165) is 18.6 Å². The molecule has 1 aromatic carbocycles. The Morgan fingerprint density at radius 2 is 1.77 bits per heavy atom. The summed E-state index contributed by atoms with van der Waals surface area (Å²) >= 11 is 0. The quantitative estimate of drug-likeness (QED) is 0.875. The summed E-state index contributed by atoms with van der Waals surface area (Å²) in [7, 11) is 6.30. The van der Waals surface area contributed by atoms with Gasteiger partial charge in [-0.1, -0.05) is 18.2 Å². The number of hydrogen-bond acceptors (Lipinski definition) is 5. The van der Waals surface area contributed by atoms with Crippen LogP contribution in [0.1, 0.15) is 24.5 Å². The maximum Gasteiger partial charge on any atom is 0.166 e. The van der Waals surface area contributed by atoms with Crippen LogP contribution in [0.15, 0.2) is 41.4 Å². The molecule has 0 saturated carbocycles. The Labute approximate surface area is 130 Å². The summed E-state index contributed by atoms with van der Waals surface area (Å²) in [5.41, 5.74) is 1.30. The molecule has 0 amide bonds. The van der Waals surface area contributed by atoms with Gasteiger partial charge in [0.05, 0.1) is 28.4 Å². The van der Waals surface area contributed by atoms with Crippen LogP contribution >= 0.6 is 0 Å². The molecule has 0 spiro atoms. The third-order valence-corrected chi connectivity index (χ3v) is 3.72. The molecule has 0 saturated heterocycles. The summed E-state index contributed by atoms with van der Waals surface area (Å²) in [4.78, 5) is 0. The van der Waals surface area contributed by atoms with E-state index in [1.165, 1.54) is 0 Å². The summed E-state index contributed by atoms with van der Waals surface area (Å²) in [6.45, 7) is 0. The molecule has 22 heavy (non-hydrogen) atoms. The molecule has 1 aromatic rings. The smallest absolute Gasteiger partial charge is 0.166 e. The minimum Gasteiger partial charge on any atom is -0.497 e. The Bertz CT molecular complexity index is 589. The molecule has 1 unspecified atom stereocenters. The van der Waals surface area contributed by atoms with Crippen LogP contribution in [0.4, 0.5) is 0 Å². The van der Waals surface area contributed by atoms with Crippen LogP contribution in [0.5, 0.6) is 11.5 Å². The number of ether oxygens (including phenoxy) is 4. The Balaban J connectivity index is 2.46. The fourth-order valence-electron chi connectivity index (χ4n) is 2.68. The molecule has 5 nitrogen and oxygen atoms in total. The van der Waals surface area contributed by atoms with Gasteiger partial charge < -0.3 is 24.1 Å². The SMILES string of the molecule is COC1=C(OC)C(C(O)c2cccc(OC)c2OC)=CCC1. The van der Waals surface area contributed by atoms with E-state index in [4.69, 9.17) is 18.9 Å². The molecular weight excluding hydrogens is 284 g/mol. The van der Waals surface area contributed by atoms with Gasteiger partial charge in [-0.05, 0) is 12.5 Å². The number of para-hydroxylation sites is 1. The first-order valence-electron chi connectivity index (χ1n) is 7.08. The highest BCUT2D eigenvalue weighted by Gasteiger charge is 2.27. The molecular formula is C17H22O5. The lowest BCUT2D eigenvalue weighted by atomic mass is 9.93. The van der Waals surface area contributed by atoms with Crippen molar-refractivity contribution in [2.75, 3.05) is 28.4 Å². The van der Waals surface area contributed by atoms with Gasteiger partial charge in [0, 0.05) is 17.6 Å². The molecule has 0 heterocycles. The Hall–Kier alpha value is -2.14. The number of hydrogen-bond donors (Lipinski definition) is 1. The molecule has 0 aromatic heterocycles. The van der Waals surface area contributed by atoms with E-state index >= 15 is 0 Å². The van der Waals surface area contributed by atoms with E-state index in [2.05, 4.69) is 0 Å². The lowest BCUT2D eigenvalue weighted by Gasteiger charge is -2.25. The fourth-order valence-corrected chi connectivity index (χ4v) is 2.68. The van der Waals surface area contributed by atoms with E-state index in [1.54, 1.807) is 40.6 Å². The van der Waals surface area contributed by atoms with Gasteiger partial charge in [0.1, 0.15) is 11.9 Å². The summed E-state index contributed by atoms with van der Waals surface area (Å²) < 4.78 is 21.5.